The van der Waals surface area contributed by atoms with Crippen LogP contribution < -0.4 is 10.6 Å². The summed E-state index contributed by atoms with van der Waals surface area (Å²) >= 11 is 0. The van der Waals surface area contributed by atoms with Crippen LogP contribution >= 0.6 is 0 Å². The highest BCUT2D eigenvalue weighted by Gasteiger charge is 2.29. The minimum Gasteiger partial charge on any atom is -0.352 e. The predicted molar refractivity (Wildman–Crippen MR) is 108 cm³/mol. The largest absolute Gasteiger partial charge is 0.352 e. The van der Waals surface area contributed by atoms with Crippen LogP contribution in [0, 0.1) is 11.8 Å². The third-order valence-corrected chi connectivity index (χ3v) is 5.41. The van der Waals surface area contributed by atoms with Gasteiger partial charge in [0.2, 0.25) is 11.8 Å². The van der Waals surface area contributed by atoms with Crippen LogP contribution in [-0.2, 0) is 22.6 Å². The number of benzene rings is 2. The van der Waals surface area contributed by atoms with E-state index in [1.54, 1.807) is 0 Å². The number of nitrogens with one attached hydrogen (secondary N) is 2. The summed E-state index contributed by atoms with van der Waals surface area (Å²) in [7, 11) is 0. The van der Waals surface area contributed by atoms with Gasteiger partial charge in [-0.05, 0) is 55.4 Å². The smallest absolute Gasteiger partial charge is 0.227 e. The molecule has 1 saturated carbocycles. The van der Waals surface area contributed by atoms with E-state index in [1.807, 2.05) is 54.6 Å². The van der Waals surface area contributed by atoms with Gasteiger partial charge in [-0.2, -0.15) is 0 Å². The molecule has 142 valence electrons. The minimum absolute atomic E-state index is 0.00553. The summed E-state index contributed by atoms with van der Waals surface area (Å²) in [4.78, 5) is 24.9. The zero-order valence-corrected chi connectivity index (χ0v) is 15.9. The highest BCUT2D eigenvalue weighted by Crippen LogP contribution is 2.30. The van der Waals surface area contributed by atoms with Gasteiger partial charge in [0.25, 0.3) is 0 Å². The number of rotatable bonds is 6. The number of anilines is 1. The maximum atomic E-state index is 12.5. The van der Waals surface area contributed by atoms with Crippen LogP contribution in [0.5, 0.6) is 0 Å². The van der Waals surface area contributed by atoms with Crippen molar-refractivity contribution in [3.8, 4) is 0 Å². The Morgan fingerprint density at radius 3 is 2.00 bits per heavy atom. The van der Waals surface area contributed by atoms with E-state index in [4.69, 9.17) is 0 Å². The van der Waals surface area contributed by atoms with E-state index in [-0.39, 0.29) is 23.7 Å². The van der Waals surface area contributed by atoms with Crippen molar-refractivity contribution in [2.45, 2.75) is 45.6 Å². The third-order valence-electron chi connectivity index (χ3n) is 5.41. The molecular formula is C23H28N2O2. The second-order valence-electron chi connectivity index (χ2n) is 7.29. The average Bonchev–Trinajstić information content (AvgIpc) is 2.73. The summed E-state index contributed by atoms with van der Waals surface area (Å²) in [5.41, 5.74) is 3.21. The molecule has 27 heavy (non-hydrogen) atoms. The van der Waals surface area contributed by atoms with E-state index in [9.17, 15) is 9.59 Å². The fraction of sp³-hybridized carbons (Fsp3) is 0.391. The lowest BCUT2D eigenvalue weighted by Crippen LogP contribution is -2.35. The van der Waals surface area contributed by atoms with Crippen molar-refractivity contribution >= 4 is 17.5 Å². The molecule has 0 aromatic heterocycles. The molecule has 0 heterocycles. The van der Waals surface area contributed by atoms with Gasteiger partial charge in [-0.15, -0.1) is 0 Å². The summed E-state index contributed by atoms with van der Waals surface area (Å²) in [6.07, 6.45) is 4.07. The first-order valence-electron chi connectivity index (χ1n) is 9.87. The monoisotopic (exact) mass is 364 g/mol. The van der Waals surface area contributed by atoms with E-state index in [0.29, 0.717) is 6.54 Å². The van der Waals surface area contributed by atoms with E-state index in [0.717, 1.165) is 43.4 Å². The van der Waals surface area contributed by atoms with Crippen LogP contribution in [-0.4, -0.2) is 11.8 Å². The van der Waals surface area contributed by atoms with Crippen molar-refractivity contribution in [2.75, 3.05) is 5.32 Å². The summed E-state index contributed by atoms with van der Waals surface area (Å²) < 4.78 is 0. The van der Waals surface area contributed by atoms with Crippen molar-refractivity contribution in [3.63, 3.8) is 0 Å². The molecule has 1 aliphatic carbocycles. The number of aryl methyl sites for hydroxylation is 1. The molecule has 2 amide bonds. The lowest BCUT2D eigenvalue weighted by atomic mass is 9.81. The summed E-state index contributed by atoms with van der Waals surface area (Å²) in [6, 6.07) is 17.9. The molecule has 1 fully saturated rings. The zero-order valence-electron chi connectivity index (χ0n) is 15.9. The van der Waals surface area contributed by atoms with Gasteiger partial charge in [0.05, 0.1) is 0 Å². The van der Waals surface area contributed by atoms with E-state index >= 15 is 0 Å². The van der Waals surface area contributed by atoms with Gasteiger partial charge in [-0.1, -0.05) is 49.4 Å². The van der Waals surface area contributed by atoms with Crippen LogP contribution in [0.15, 0.2) is 54.6 Å². The first-order valence-corrected chi connectivity index (χ1v) is 9.87. The Hall–Kier alpha value is -2.62. The highest BCUT2D eigenvalue weighted by molar-refractivity contribution is 5.92. The van der Waals surface area contributed by atoms with Crippen LogP contribution in [0.1, 0.15) is 43.7 Å². The average molecular weight is 364 g/mol. The predicted octanol–water partition coefficient (Wildman–Crippen LogP) is 4.31. The second-order valence-corrected chi connectivity index (χ2v) is 7.29. The Balaban J connectivity index is 1.43. The Morgan fingerprint density at radius 2 is 1.41 bits per heavy atom. The van der Waals surface area contributed by atoms with E-state index in [1.165, 1.54) is 5.56 Å². The number of amides is 2. The van der Waals surface area contributed by atoms with Gasteiger partial charge in [-0.3, -0.25) is 9.59 Å². The quantitative estimate of drug-likeness (QED) is 0.802. The maximum Gasteiger partial charge on any atom is 0.227 e. The fourth-order valence-electron chi connectivity index (χ4n) is 3.62. The van der Waals surface area contributed by atoms with Gasteiger partial charge in [0, 0.05) is 24.1 Å². The summed E-state index contributed by atoms with van der Waals surface area (Å²) in [5.74, 6) is 0.186. The fourth-order valence-corrected chi connectivity index (χ4v) is 3.62. The number of hydrogen-bond acceptors (Lipinski definition) is 2. The molecule has 0 saturated heterocycles. The van der Waals surface area contributed by atoms with E-state index < -0.39 is 0 Å². The van der Waals surface area contributed by atoms with Crippen LogP contribution in [0.2, 0.25) is 0 Å². The third kappa shape index (κ3) is 5.43. The molecule has 3 rings (SSSR count). The molecule has 0 radical (unpaired) electrons. The van der Waals surface area contributed by atoms with Gasteiger partial charge < -0.3 is 10.6 Å². The maximum absolute atomic E-state index is 12.5. The van der Waals surface area contributed by atoms with Gasteiger partial charge in [0.15, 0.2) is 0 Å². The first kappa shape index (κ1) is 19.2. The summed E-state index contributed by atoms with van der Waals surface area (Å²) in [5, 5.41) is 6.04. The van der Waals surface area contributed by atoms with Crippen molar-refractivity contribution in [1.29, 1.82) is 0 Å². The standard InChI is InChI=1S/C23H28N2O2/c1-2-17-8-14-21(15-9-17)25-23(27)20-12-10-19(11-13-20)22(26)24-16-18-6-4-3-5-7-18/h3-9,14-15,19-20H,2,10-13,16H2,1H3,(H,24,26)(H,25,27). The molecule has 0 bridgehead atoms. The van der Waals surface area contributed by atoms with Gasteiger partial charge in [-0.25, -0.2) is 0 Å². The van der Waals surface area contributed by atoms with Gasteiger partial charge in [0.1, 0.15) is 0 Å². The molecule has 2 aromatic rings. The molecule has 0 atom stereocenters. The number of carbonyl (C=O) groups excluding carboxylic acids is 2. The lowest BCUT2D eigenvalue weighted by Gasteiger charge is -2.27. The van der Waals surface area contributed by atoms with Crippen molar-refractivity contribution < 1.29 is 9.59 Å². The van der Waals surface area contributed by atoms with Crippen LogP contribution in [0.25, 0.3) is 0 Å². The molecule has 4 heteroatoms. The SMILES string of the molecule is CCc1ccc(NC(=O)C2CCC(C(=O)NCc3ccccc3)CC2)cc1. The second kappa shape index (κ2) is 9.36. The molecule has 4 nitrogen and oxygen atoms in total. The Labute approximate surface area is 161 Å². The van der Waals surface area contributed by atoms with Crippen molar-refractivity contribution in [2.24, 2.45) is 11.8 Å². The normalized spacial score (nSPS) is 19.3. The molecular weight excluding hydrogens is 336 g/mol. The Morgan fingerprint density at radius 1 is 0.815 bits per heavy atom. The van der Waals surface area contributed by atoms with Gasteiger partial charge >= 0.3 is 0 Å². The highest BCUT2D eigenvalue weighted by atomic mass is 16.2. The molecule has 0 spiro atoms. The van der Waals surface area contributed by atoms with Crippen LogP contribution in [0.4, 0.5) is 5.69 Å². The zero-order chi connectivity index (χ0) is 19.1. The molecule has 0 aliphatic heterocycles. The number of hydrogen-bond donors (Lipinski definition) is 2. The Kier molecular flexibility index (Phi) is 6.64. The summed E-state index contributed by atoms with van der Waals surface area (Å²) in [6.45, 7) is 2.68. The molecule has 0 unspecified atom stereocenters. The molecule has 2 N–H and O–H groups in total. The van der Waals surface area contributed by atoms with Crippen molar-refractivity contribution in [1.82, 2.24) is 5.32 Å². The Bertz CT molecular complexity index is 748. The molecule has 1 aliphatic rings. The van der Waals surface area contributed by atoms with E-state index in [2.05, 4.69) is 17.6 Å². The minimum atomic E-state index is -0.00553. The van der Waals surface area contributed by atoms with Crippen LogP contribution in [0.3, 0.4) is 0 Å². The molecule has 2 aromatic carbocycles. The topological polar surface area (TPSA) is 58.2 Å². The number of carbonyl (C=O) groups is 2. The lowest BCUT2D eigenvalue weighted by molar-refractivity contribution is -0.128. The first-order chi connectivity index (χ1) is 13.2. The van der Waals surface area contributed by atoms with Crippen molar-refractivity contribution in [3.05, 3.63) is 65.7 Å².